The lowest BCUT2D eigenvalue weighted by molar-refractivity contribution is 0.0322. The van der Waals surface area contributed by atoms with Crippen molar-refractivity contribution in [3.05, 3.63) is 35.9 Å². The van der Waals surface area contributed by atoms with Gasteiger partial charge in [0.15, 0.2) is 10.3 Å². The summed E-state index contributed by atoms with van der Waals surface area (Å²) in [6, 6.07) is 7.76. The molecule has 0 bridgehead atoms. The highest BCUT2D eigenvalue weighted by Crippen LogP contribution is 2.59. The van der Waals surface area contributed by atoms with E-state index in [1.165, 1.54) is 25.7 Å². The first kappa shape index (κ1) is 21.6. The number of nitrogens with one attached hydrogen (secondary N) is 1. The molecular weight excluding hydrogens is 416 g/mol. The topological polar surface area (TPSA) is 72.1 Å². The van der Waals surface area contributed by atoms with Gasteiger partial charge in [-0.3, -0.25) is 4.90 Å². The molecule has 1 heterocycles. The van der Waals surface area contributed by atoms with E-state index >= 15 is 0 Å². The molecule has 1 atom stereocenters. The predicted octanol–water partition coefficient (Wildman–Crippen LogP) is 3.64. The van der Waals surface area contributed by atoms with Gasteiger partial charge in [0, 0.05) is 36.5 Å². The number of morpholine rings is 1. The van der Waals surface area contributed by atoms with Gasteiger partial charge in [0.05, 0.1) is 13.2 Å². The fraction of sp³-hybridized carbons (Fsp3) is 0.545. The number of anilines is 1. The summed E-state index contributed by atoms with van der Waals surface area (Å²) in [5, 5.41) is 4.04. The first-order valence-corrected chi connectivity index (χ1v) is 12.0. The largest absolute Gasteiger partial charge is 0.492 e. The average molecular weight is 447 g/mol. The first-order chi connectivity index (χ1) is 14.6. The first-order valence-electron chi connectivity index (χ1n) is 10.6. The van der Waals surface area contributed by atoms with Gasteiger partial charge in [-0.2, -0.15) is 4.99 Å². The Hall–Kier alpha value is -1.61. The van der Waals surface area contributed by atoms with E-state index in [0.717, 1.165) is 50.0 Å². The number of allylic oxidation sites excluding steroid dienone is 2. The van der Waals surface area contributed by atoms with E-state index in [2.05, 4.69) is 21.3 Å². The van der Waals surface area contributed by atoms with Crippen molar-refractivity contribution in [3.63, 3.8) is 0 Å². The number of thioether (sulfide) groups is 1. The molecule has 1 aliphatic heterocycles. The van der Waals surface area contributed by atoms with Crippen LogP contribution in [-0.4, -0.2) is 60.4 Å². The van der Waals surface area contributed by atoms with Gasteiger partial charge in [0.1, 0.15) is 12.4 Å². The van der Waals surface area contributed by atoms with Gasteiger partial charge in [-0.1, -0.05) is 23.4 Å². The van der Waals surface area contributed by atoms with Crippen molar-refractivity contribution in [2.75, 3.05) is 50.5 Å². The number of hydrogen-bond acceptors (Lipinski definition) is 5. The minimum Gasteiger partial charge on any atom is -0.492 e. The van der Waals surface area contributed by atoms with Gasteiger partial charge >= 0.3 is 0 Å². The number of hydrogen-bond donors (Lipinski definition) is 2. The van der Waals surface area contributed by atoms with Gasteiger partial charge in [-0.05, 0) is 62.2 Å². The van der Waals surface area contributed by atoms with Gasteiger partial charge in [0.25, 0.3) is 0 Å². The Kier molecular flexibility index (Phi) is 7.30. The van der Waals surface area contributed by atoms with Gasteiger partial charge in [-0.15, -0.1) is 0 Å². The smallest absolute Gasteiger partial charge is 0.199 e. The van der Waals surface area contributed by atoms with Crippen LogP contribution in [0, 0.1) is 5.41 Å². The van der Waals surface area contributed by atoms with E-state index in [4.69, 9.17) is 27.4 Å². The van der Waals surface area contributed by atoms with E-state index < -0.39 is 0 Å². The minimum absolute atomic E-state index is 0.383. The second-order valence-corrected chi connectivity index (χ2v) is 9.46. The monoisotopic (exact) mass is 446 g/mol. The number of rotatable bonds is 7. The second-order valence-electron chi connectivity index (χ2n) is 8.07. The summed E-state index contributed by atoms with van der Waals surface area (Å²) in [4.78, 5) is 6.70. The molecule has 4 rings (SSSR count). The molecule has 30 heavy (non-hydrogen) atoms. The molecule has 1 saturated carbocycles. The molecule has 6 nitrogen and oxygen atoms in total. The van der Waals surface area contributed by atoms with Gasteiger partial charge in [0.2, 0.25) is 0 Å². The van der Waals surface area contributed by atoms with Crippen LogP contribution in [0.25, 0.3) is 0 Å². The maximum atomic E-state index is 6.10. The molecule has 162 valence electrons. The summed E-state index contributed by atoms with van der Waals surface area (Å²) in [6.45, 7) is 5.16. The molecule has 8 heteroatoms. The Labute approximate surface area is 188 Å². The number of aliphatic imine (C=N–C) groups is 1. The number of ether oxygens (including phenoxy) is 2. The third-order valence-electron chi connectivity index (χ3n) is 5.93. The van der Waals surface area contributed by atoms with Crippen molar-refractivity contribution in [2.45, 2.75) is 25.7 Å². The third kappa shape index (κ3) is 5.97. The molecular formula is C22H30N4O2S2. The van der Waals surface area contributed by atoms with E-state index in [0.29, 0.717) is 22.3 Å². The molecule has 3 N–H and O–H groups in total. The Morgan fingerprint density at radius 3 is 2.87 bits per heavy atom. The van der Waals surface area contributed by atoms with Crippen molar-refractivity contribution < 1.29 is 9.47 Å². The summed E-state index contributed by atoms with van der Waals surface area (Å²) in [6.07, 6.45) is 7.43. The molecule has 1 aromatic rings. The number of amidine groups is 1. The Morgan fingerprint density at radius 1 is 1.30 bits per heavy atom. The normalized spacial score (nSPS) is 24.0. The quantitative estimate of drug-likeness (QED) is 0.287. The van der Waals surface area contributed by atoms with E-state index in [-0.39, 0.29) is 0 Å². The Bertz CT molecular complexity index is 806. The van der Waals surface area contributed by atoms with Crippen molar-refractivity contribution in [3.8, 4) is 5.75 Å². The zero-order chi connectivity index (χ0) is 20.8. The third-order valence-corrected chi connectivity index (χ3v) is 7.21. The average Bonchev–Trinajstić information content (AvgIpc) is 3.49. The lowest BCUT2D eigenvalue weighted by Gasteiger charge is -2.26. The molecule has 0 spiro atoms. The highest BCUT2D eigenvalue weighted by atomic mass is 32.2. The van der Waals surface area contributed by atoms with Gasteiger partial charge in [-0.25, -0.2) is 0 Å². The number of thiocarbonyl (C=S) groups is 1. The van der Waals surface area contributed by atoms with E-state index in [9.17, 15) is 0 Å². The summed E-state index contributed by atoms with van der Waals surface area (Å²) in [5.74, 6) is 1.85. The Morgan fingerprint density at radius 2 is 2.10 bits per heavy atom. The van der Waals surface area contributed by atoms with Crippen molar-refractivity contribution in [1.29, 1.82) is 0 Å². The molecule has 3 aliphatic rings. The maximum Gasteiger partial charge on any atom is 0.199 e. The highest BCUT2D eigenvalue weighted by molar-refractivity contribution is 8.13. The van der Waals surface area contributed by atoms with Crippen LogP contribution in [0.15, 0.2) is 40.9 Å². The zero-order valence-corrected chi connectivity index (χ0v) is 18.9. The standard InChI is InChI=1S/C22H30N4O2S2/c23-20(30-16-22-8-2-1-3-17(22)15-22)25-21(29)24-18-4-6-19(7-5-18)28-14-11-26-9-12-27-13-10-26/h3-7H,1-2,8-16H2,(H3,23,24,25,29). The molecule has 2 aliphatic carbocycles. The lowest BCUT2D eigenvalue weighted by Crippen LogP contribution is -2.38. The summed E-state index contributed by atoms with van der Waals surface area (Å²) in [7, 11) is 0. The predicted molar refractivity (Wildman–Crippen MR) is 128 cm³/mol. The molecule has 1 unspecified atom stereocenters. The summed E-state index contributed by atoms with van der Waals surface area (Å²) < 4.78 is 11.2. The SMILES string of the molecule is N/C(=N\C(=S)Nc1ccc(OCCN2CCOCC2)cc1)SCC12CCCC=C1C2. The fourth-order valence-electron chi connectivity index (χ4n) is 4.04. The van der Waals surface area contributed by atoms with Crippen molar-refractivity contribution in [1.82, 2.24) is 4.90 Å². The highest BCUT2D eigenvalue weighted by Gasteiger charge is 2.48. The summed E-state index contributed by atoms with van der Waals surface area (Å²) >= 11 is 6.96. The van der Waals surface area contributed by atoms with Gasteiger partial charge < -0.3 is 20.5 Å². The molecule has 0 aromatic heterocycles. The zero-order valence-electron chi connectivity index (χ0n) is 17.3. The fourth-order valence-corrected chi connectivity index (χ4v) is 5.32. The Balaban J connectivity index is 1.18. The van der Waals surface area contributed by atoms with Crippen LogP contribution >= 0.6 is 24.0 Å². The van der Waals surface area contributed by atoms with Crippen molar-refractivity contribution >= 4 is 39.9 Å². The van der Waals surface area contributed by atoms with Crippen LogP contribution in [-0.2, 0) is 4.74 Å². The van der Waals surface area contributed by atoms with Crippen LogP contribution in [0.4, 0.5) is 5.69 Å². The number of nitrogens with zero attached hydrogens (tertiary/aromatic N) is 2. The van der Waals surface area contributed by atoms with E-state index in [1.54, 1.807) is 17.3 Å². The van der Waals surface area contributed by atoms with Crippen LogP contribution in [0.2, 0.25) is 0 Å². The van der Waals surface area contributed by atoms with Crippen LogP contribution in [0.1, 0.15) is 25.7 Å². The van der Waals surface area contributed by atoms with Crippen LogP contribution in [0.3, 0.4) is 0 Å². The number of fused-ring (bicyclic) bond motifs is 1. The number of nitrogens with two attached hydrogens (primary N) is 1. The van der Waals surface area contributed by atoms with Crippen LogP contribution in [0.5, 0.6) is 5.75 Å². The van der Waals surface area contributed by atoms with E-state index in [1.807, 2.05) is 24.3 Å². The maximum absolute atomic E-state index is 6.10. The number of benzene rings is 1. The molecule has 1 aromatic carbocycles. The van der Waals surface area contributed by atoms with Crippen molar-refractivity contribution in [2.24, 2.45) is 16.1 Å². The minimum atomic E-state index is 0.383. The molecule has 0 radical (unpaired) electrons. The van der Waals surface area contributed by atoms with Crippen LogP contribution < -0.4 is 15.8 Å². The molecule has 1 saturated heterocycles. The summed E-state index contributed by atoms with van der Waals surface area (Å²) in [5.41, 5.74) is 8.98. The lowest BCUT2D eigenvalue weighted by atomic mass is 9.96. The second kappa shape index (κ2) is 10.1. The molecule has 2 fully saturated rings. The molecule has 0 amide bonds.